The second-order valence-corrected chi connectivity index (χ2v) is 18.0. The fraction of sp³-hybridized carbons (Fsp3) is 0.692. The number of carbonyl (C=O) groups excluding carboxylic acids is 2. The minimum Gasteiger partial charge on any atom is -0.459 e. The van der Waals surface area contributed by atoms with E-state index in [9.17, 15) is 14.7 Å². The van der Waals surface area contributed by atoms with Crippen molar-refractivity contribution in [3.05, 3.63) is 35.9 Å². The molecular formula is C26H43NO4Si. The first-order valence-electron chi connectivity index (χ1n) is 11.7. The van der Waals surface area contributed by atoms with Crippen molar-refractivity contribution in [3.63, 3.8) is 0 Å². The number of ether oxygens (including phenoxy) is 1. The van der Waals surface area contributed by atoms with E-state index in [1.807, 2.05) is 58.0 Å². The molecule has 0 aromatic heterocycles. The Morgan fingerprint density at radius 2 is 1.72 bits per heavy atom. The Balaban J connectivity index is 2.46. The van der Waals surface area contributed by atoms with E-state index in [0.717, 1.165) is 5.56 Å². The van der Waals surface area contributed by atoms with Gasteiger partial charge >= 0.3 is 5.97 Å². The summed E-state index contributed by atoms with van der Waals surface area (Å²) >= 11 is 0. The molecule has 1 aromatic carbocycles. The molecule has 1 aliphatic heterocycles. The highest BCUT2D eigenvalue weighted by Gasteiger charge is 2.59. The highest BCUT2D eigenvalue weighted by Crippen LogP contribution is 2.47. The van der Waals surface area contributed by atoms with Gasteiger partial charge in [0.1, 0.15) is 5.60 Å². The summed E-state index contributed by atoms with van der Waals surface area (Å²) < 4.78 is 5.77. The number of aliphatic hydroxyl groups excluding tert-OH is 1. The zero-order valence-electron chi connectivity index (χ0n) is 21.7. The van der Waals surface area contributed by atoms with Crippen LogP contribution in [0.15, 0.2) is 30.3 Å². The fourth-order valence-corrected chi connectivity index (χ4v) is 6.24. The van der Waals surface area contributed by atoms with Gasteiger partial charge in [-0.05, 0) is 51.3 Å². The van der Waals surface area contributed by atoms with E-state index in [-0.39, 0.29) is 23.5 Å². The number of aliphatic hydroxyl groups is 1. The lowest BCUT2D eigenvalue weighted by Gasteiger charge is -2.41. The molecule has 32 heavy (non-hydrogen) atoms. The first-order valence-corrected chi connectivity index (χ1v) is 14.9. The normalized spacial score (nSPS) is 24.4. The lowest BCUT2D eigenvalue weighted by atomic mass is 9.76. The summed E-state index contributed by atoms with van der Waals surface area (Å²) in [4.78, 5) is 28.9. The number of carbonyl (C=O) groups is 2. The Morgan fingerprint density at radius 1 is 1.19 bits per heavy atom. The zero-order valence-corrected chi connectivity index (χ0v) is 22.7. The number of likely N-dealkylation sites (tertiary alicyclic amines) is 1. The maximum Gasteiger partial charge on any atom is 0.315 e. The number of esters is 1. The molecule has 1 aromatic rings. The highest BCUT2D eigenvalue weighted by atomic mass is 28.3. The second kappa shape index (κ2) is 8.94. The quantitative estimate of drug-likeness (QED) is 0.453. The summed E-state index contributed by atoms with van der Waals surface area (Å²) in [7, 11) is -1.90. The predicted octanol–water partition coefficient (Wildman–Crippen LogP) is 5.42. The number of hydrogen-bond donors (Lipinski definition) is 1. The Labute approximate surface area is 195 Å². The summed E-state index contributed by atoms with van der Waals surface area (Å²) in [6.07, 6.45) is -0.895. The Morgan fingerprint density at radius 3 is 2.19 bits per heavy atom. The van der Waals surface area contributed by atoms with Crippen LogP contribution in [0.25, 0.3) is 0 Å². The minimum atomic E-state index is -1.90. The van der Waals surface area contributed by atoms with Crippen molar-refractivity contribution in [3.8, 4) is 0 Å². The van der Waals surface area contributed by atoms with Gasteiger partial charge in [0.15, 0.2) is 0 Å². The van der Waals surface area contributed by atoms with Crippen molar-refractivity contribution in [1.82, 2.24) is 4.90 Å². The molecule has 2 rings (SSSR count). The van der Waals surface area contributed by atoms with Gasteiger partial charge in [-0.3, -0.25) is 9.59 Å². The maximum atomic E-state index is 13.8. The topological polar surface area (TPSA) is 66.8 Å². The monoisotopic (exact) mass is 461 g/mol. The number of rotatable bonds is 6. The van der Waals surface area contributed by atoms with Gasteiger partial charge in [0.25, 0.3) is 0 Å². The predicted molar refractivity (Wildman–Crippen MR) is 132 cm³/mol. The van der Waals surface area contributed by atoms with Gasteiger partial charge in [0.05, 0.1) is 31.6 Å². The average molecular weight is 462 g/mol. The van der Waals surface area contributed by atoms with E-state index in [4.69, 9.17) is 4.74 Å². The molecule has 1 heterocycles. The molecule has 0 aliphatic carbocycles. The molecule has 1 aliphatic rings. The van der Waals surface area contributed by atoms with Crippen LogP contribution in [0.4, 0.5) is 0 Å². The average Bonchev–Trinajstić information content (AvgIpc) is 2.91. The van der Waals surface area contributed by atoms with Gasteiger partial charge in [-0.25, -0.2) is 0 Å². The Hall–Kier alpha value is -1.66. The van der Waals surface area contributed by atoms with Gasteiger partial charge in [-0.15, -0.1) is 0 Å². The summed E-state index contributed by atoms with van der Waals surface area (Å²) in [5, 5.41) is 11.5. The van der Waals surface area contributed by atoms with Crippen LogP contribution in [-0.4, -0.2) is 48.2 Å². The van der Waals surface area contributed by atoms with E-state index < -0.39 is 37.1 Å². The van der Waals surface area contributed by atoms with Crippen LogP contribution in [0.3, 0.4) is 0 Å². The third kappa shape index (κ3) is 5.45. The maximum absolute atomic E-state index is 13.8. The van der Waals surface area contributed by atoms with Crippen molar-refractivity contribution in [1.29, 1.82) is 0 Å². The van der Waals surface area contributed by atoms with E-state index in [1.54, 1.807) is 11.8 Å². The van der Waals surface area contributed by atoms with Gasteiger partial charge in [0, 0.05) is 6.54 Å². The van der Waals surface area contributed by atoms with Gasteiger partial charge in [0.2, 0.25) is 5.91 Å². The van der Waals surface area contributed by atoms with Crippen molar-refractivity contribution in [2.45, 2.75) is 97.3 Å². The Bertz CT molecular complexity index is 824. The molecule has 1 fully saturated rings. The molecule has 180 valence electrons. The molecule has 1 saturated heterocycles. The smallest absolute Gasteiger partial charge is 0.315 e. The molecule has 0 unspecified atom stereocenters. The third-order valence-corrected chi connectivity index (χ3v) is 13.0. The molecule has 0 bridgehead atoms. The summed E-state index contributed by atoms with van der Waals surface area (Å²) in [6, 6.07) is 10.2. The van der Waals surface area contributed by atoms with Gasteiger partial charge < -0.3 is 14.7 Å². The lowest BCUT2D eigenvalue weighted by Crippen LogP contribution is -2.49. The summed E-state index contributed by atoms with van der Waals surface area (Å²) in [5.41, 5.74) is -0.780. The molecule has 1 N–H and O–H groups in total. The molecule has 0 radical (unpaired) electrons. The molecule has 6 heteroatoms. The van der Waals surface area contributed by atoms with Crippen LogP contribution in [0.5, 0.6) is 0 Å². The van der Waals surface area contributed by atoms with Crippen molar-refractivity contribution < 1.29 is 19.4 Å². The SMILES string of the molecule is C[C@H](c1ccccc1)N1C[C@@](C)(C(=O)OC(C)(C)C)[C@@H]([C@H](O)C[Si](C)(C)C(C)(C)C)C1=O. The van der Waals surface area contributed by atoms with E-state index >= 15 is 0 Å². The third-order valence-electron chi connectivity index (χ3n) is 7.48. The van der Waals surface area contributed by atoms with Crippen LogP contribution in [0.1, 0.15) is 67.0 Å². The summed E-state index contributed by atoms with van der Waals surface area (Å²) in [6.45, 7) is 20.5. The van der Waals surface area contributed by atoms with Crippen LogP contribution in [0.2, 0.25) is 24.2 Å². The minimum absolute atomic E-state index is 0.0645. The molecule has 4 atom stereocenters. The van der Waals surface area contributed by atoms with Gasteiger partial charge in [-0.2, -0.15) is 0 Å². The number of nitrogens with zero attached hydrogens (tertiary/aromatic N) is 1. The van der Waals surface area contributed by atoms with Crippen LogP contribution >= 0.6 is 0 Å². The van der Waals surface area contributed by atoms with Crippen molar-refractivity contribution in [2.75, 3.05) is 6.54 Å². The first-order chi connectivity index (χ1) is 14.4. The molecule has 1 amide bonds. The standard InChI is InChI=1S/C26H43NO4Si/c1-18(19-14-12-11-13-15-19)27-17-26(8,23(30)31-24(2,3)4)21(22(27)29)20(28)16-32(9,10)25(5,6)7/h11-15,18,20-21,28H,16-17H2,1-10H3/t18-,20-,21+,26-/m1/s1. The van der Waals surface area contributed by atoms with Crippen molar-refractivity contribution in [2.24, 2.45) is 11.3 Å². The van der Waals surface area contributed by atoms with Gasteiger partial charge in [-0.1, -0.05) is 64.2 Å². The van der Waals surface area contributed by atoms with Crippen molar-refractivity contribution >= 4 is 20.0 Å². The van der Waals surface area contributed by atoms with E-state index in [1.165, 1.54) is 0 Å². The lowest BCUT2D eigenvalue weighted by molar-refractivity contribution is -0.171. The molecule has 5 nitrogen and oxygen atoms in total. The molecule has 0 saturated carbocycles. The molecule has 0 spiro atoms. The number of hydrogen-bond acceptors (Lipinski definition) is 4. The molecular weight excluding hydrogens is 418 g/mol. The summed E-state index contributed by atoms with van der Waals surface area (Å²) in [5.74, 6) is -1.40. The first kappa shape index (κ1) is 26.6. The number of amides is 1. The highest BCUT2D eigenvalue weighted by molar-refractivity contribution is 6.80. The van der Waals surface area contributed by atoms with E-state index in [2.05, 4.69) is 33.9 Å². The fourth-order valence-electron chi connectivity index (χ4n) is 4.34. The largest absolute Gasteiger partial charge is 0.459 e. The second-order valence-electron chi connectivity index (χ2n) is 12.4. The van der Waals surface area contributed by atoms with Crippen LogP contribution in [0, 0.1) is 11.3 Å². The number of benzene rings is 1. The van der Waals surface area contributed by atoms with E-state index in [0.29, 0.717) is 6.04 Å². The van der Waals surface area contributed by atoms with Crippen LogP contribution in [-0.2, 0) is 14.3 Å². The van der Waals surface area contributed by atoms with Crippen LogP contribution < -0.4 is 0 Å². The Kier molecular flexibility index (Phi) is 7.43. The zero-order chi connectivity index (χ0) is 24.7.